The lowest BCUT2D eigenvalue weighted by Crippen LogP contribution is -2.30. The Morgan fingerprint density at radius 2 is 0.880 bits per heavy atom. The summed E-state index contributed by atoms with van der Waals surface area (Å²) in [5.41, 5.74) is 0. The minimum atomic E-state index is -0.789. The van der Waals surface area contributed by atoms with E-state index in [0.29, 0.717) is 19.3 Å². The maximum atomic E-state index is 12.6. The molecule has 0 spiro atoms. The first-order valence-electron chi connectivity index (χ1n) is 20.3. The van der Waals surface area contributed by atoms with Crippen LogP contribution in [0, 0.1) is 0 Å². The lowest BCUT2D eigenvalue weighted by atomic mass is 10.1. The van der Waals surface area contributed by atoms with Gasteiger partial charge in [-0.25, -0.2) is 0 Å². The van der Waals surface area contributed by atoms with Gasteiger partial charge in [0.2, 0.25) is 0 Å². The molecular formula is C44H74O6. The summed E-state index contributed by atoms with van der Waals surface area (Å²) in [6, 6.07) is 0. The van der Waals surface area contributed by atoms with Crippen LogP contribution in [0.15, 0.2) is 60.8 Å². The Morgan fingerprint density at radius 3 is 1.46 bits per heavy atom. The second kappa shape index (κ2) is 38.9. The number of carbonyl (C=O) groups is 3. The molecular weight excluding hydrogens is 624 g/mol. The van der Waals surface area contributed by atoms with E-state index in [0.717, 1.165) is 96.3 Å². The average Bonchev–Trinajstić information content (AvgIpc) is 3.11. The Bertz CT molecular complexity index is 944. The number of carbonyl (C=O) groups excluding carboxylic acids is 3. The average molecular weight is 699 g/mol. The molecule has 0 saturated heterocycles. The lowest BCUT2D eigenvalue weighted by molar-refractivity contribution is -0.167. The van der Waals surface area contributed by atoms with E-state index in [-0.39, 0.29) is 31.1 Å². The Morgan fingerprint density at radius 1 is 0.440 bits per heavy atom. The monoisotopic (exact) mass is 699 g/mol. The minimum absolute atomic E-state index is 0.0951. The molecule has 50 heavy (non-hydrogen) atoms. The number of rotatable bonds is 35. The van der Waals surface area contributed by atoms with Crippen molar-refractivity contribution in [3.05, 3.63) is 60.8 Å². The largest absolute Gasteiger partial charge is 0.462 e. The standard InChI is InChI=1S/C44H74O6/c1-4-7-10-13-16-19-21-22-23-26-28-31-34-37-43(46)49-40-41(39-48-42(45)36-33-30-27-24-18-15-12-9-6-3)50-44(47)38-35-32-29-25-20-17-14-11-8-5-2/h7,9-10,12-13,16,18-19,21,24,41H,4-6,8,11,14-15,17,20,22-23,25-40H2,1-3H3/b10-7-,12-9-,16-13-,21-19-,24-18-. The molecule has 0 aromatic rings. The van der Waals surface area contributed by atoms with E-state index < -0.39 is 6.10 Å². The molecule has 0 saturated carbocycles. The van der Waals surface area contributed by atoms with Crippen LogP contribution in [0.4, 0.5) is 0 Å². The van der Waals surface area contributed by atoms with Gasteiger partial charge in [-0.3, -0.25) is 14.4 Å². The summed E-state index contributed by atoms with van der Waals surface area (Å²) in [6.07, 6.45) is 45.0. The van der Waals surface area contributed by atoms with Crippen LogP contribution in [0.2, 0.25) is 0 Å². The molecule has 286 valence electrons. The maximum absolute atomic E-state index is 12.6. The van der Waals surface area contributed by atoms with Crippen LogP contribution in [-0.2, 0) is 28.6 Å². The van der Waals surface area contributed by atoms with Crippen LogP contribution in [0.5, 0.6) is 0 Å². The highest BCUT2D eigenvalue weighted by atomic mass is 16.6. The van der Waals surface area contributed by atoms with Crippen LogP contribution in [0.1, 0.15) is 181 Å². The van der Waals surface area contributed by atoms with Gasteiger partial charge < -0.3 is 14.2 Å². The highest BCUT2D eigenvalue weighted by Crippen LogP contribution is 2.13. The van der Waals surface area contributed by atoms with Gasteiger partial charge in [0, 0.05) is 19.3 Å². The first kappa shape index (κ1) is 47.1. The van der Waals surface area contributed by atoms with E-state index in [1.165, 1.54) is 44.9 Å². The van der Waals surface area contributed by atoms with Gasteiger partial charge in [0.15, 0.2) is 6.10 Å². The van der Waals surface area contributed by atoms with Gasteiger partial charge in [-0.05, 0) is 64.2 Å². The topological polar surface area (TPSA) is 78.9 Å². The van der Waals surface area contributed by atoms with E-state index >= 15 is 0 Å². The number of unbranched alkanes of at least 4 members (excludes halogenated alkanes) is 16. The molecule has 0 aromatic carbocycles. The fraction of sp³-hybridized carbons (Fsp3) is 0.705. The van der Waals surface area contributed by atoms with Crippen molar-refractivity contribution in [2.24, 2.45) is 0 Å². The second-order valence-corrected chi connectivity index (χ2v) is 13.2. The molecule has 0 rings (SSSR count). The van der Waals surface area contributed by atoms with E-state index in [4.69, 9.17) is 14.2 Å². The second-order valence-electron chi connectivity index (χ2n) is 13.2. The molecule has 0 aliphatic rings. The predicted octanol–water partition coefficient (Wildman–Crippen LogP) is 12.6. The van der Waals surface area contributed by atoms with Crippen molar-refractivity contribution in [2.75, 3.05) is 13.2 Å². The zero-order valence-electron chi connectivity index (χ0n) is 32.4. The van der Waals surface area contributed by atoms with Gasteiger partial charge in [-0.1, -0.05) is 159 Å². The van der Waals surface area contributed by atoms with E-state index in [1.54, 1.807) is 0 Å². The van der Waals surface area contributed by atoms with Crippen molar-refractivity contribution in [1.29, 1.82) is 0 Å². The third-order valence-corrected chi connectivity index (χ3v) is 8.33. The predicted molar refractivity (Wildman–Crippen MR) is 210 cm³/mol. The van der Waals surface area contributed by atoms with Crippen molar-refractivity contribution in [3.63, 3.8) is 0 Å². The van der Waals surface area contributed by atoms with Gasteiger partial charge >= 0.3 is 17.9 Å². The van der Waals surface area contributed by atoms with Crippen molar-refractivity contribution >= 4 is 17.9 Å². The van der Waals surface area contributed by atoms with Crippen LogP contribution in [0.25, 0.3) is 0 Å². The molecule has 0 radical (unpaired) electrons. The van der Waals surface area contributed by atoms with Crippen LogP contribution >= 0.6 is 0 Å². The summed E-state index contributed by atoms with van der Waals surface area (Å²) < 4.78 is 16.6. The smallest absolute Gasteiger partial charge is 0.306 e. The fourth-order valence-corrected chi connectivity index (χ4v) is 5.30. The van der Waals surface area contributed by atoms with Crippen LogP contribution < -0.4 is 0 Å². The number of allylic oxidation sites excluding steroid dienone is 10. The molecule has 0 aromatic heterocycles. The molecule has 6 nitrogen and oxygen atoms in total. The molecule has 0 aliphatic carbocycles. The molecule has 0 bridgehead atoms. The molecule has 0 amide bonds. The SMILES string of the molecule is CC\C=C/C=C\C=C/CCCCCCCC(=O)OCC(COC(=O)CCCC/C=C\C/C=C\CC)OC(=O)CCCCCCCCCCCC. The van der Waals surface area contributed by atoms with Crippen LogP contribution in [-0.4, -0.2) is 37.2 Å². The van der Waals surface area contributed by atoms with Gasteiger partial charge in [0.05, 0.1) is 0 Å². The maximum Gasteiger partial charge on any atom is 0.306 e. The van der Waals surface area contributed by atoms with Crippen LogP contribution in [0.3, 0.4) is 0 Å². The molecule has 6 heteroatoms. The third-order valence-electron chi connectivity index (χ3n) is 8.33. The fourth-order valence-electron chi connectivity index (χ4n) is 5.30. The number of esters is 3. The van der Waals surface area contributed by atoms with Crippen molar-refractivity contribution < 1.29 is 28.6 Å². The Balaban J connectivity index is 4.44. The summed E-state index contributed by atoms with van der Waals surface area (Å²) in [4.78, 5) is 37.5. The number of ether oxygens (including phenoxy) is 3. The summed E-state index contributed by atoms with van der Waals surface area (Å²) in [5, 5.41) is 0. The summed E-state index contributed by atoms with van der Waals surface area (Å²) >= 11 is 0. The first-order valence-corrected chi connectivity index (χ1v) is 20.3. The van der Waals surface area contributed by atoms with Crippen molar-refractivity contribution in [3.8, 4) is 0 Å². The molecule has 1 unspecified atom stereocenters. The Hall–Kier alpha value is -2.89. The molecule has 0 heterocycles. The zero-order valence-corrected chi connectivity index (χ0v) is 32.4. The first-order chi connectivity index (χ1) is 24.5. The molecule has 0 fully saturated rings. The van der Waals surface area contributed by atoms with E-state index in [9.17, 15) is 14.4 Å². The summed E-state index contributed by atoms with van der Waals surface area (Å²) in [7, 11) is 0. The van der Waals surface area contributed by atoms with Crippen molar-refractivity contribution in [2.45, 2.75) is 187 Å². The highest BCUT2D eigenvalue weighted by Gasteiger charge is 2.19. The van der Waals surface area contributed by atoms with Gasteiger partial charge in [-0.2, -0.15) is 0 Å². The summed E-state index contributed by atoms with van der Waals surface area (Å²) in [5.74, 6) is -0.961. The van der Waals surface area contributed by atoms with E-state index in [2.05, 4.69) is 75.5 Å². The number of hydrogen-bond acceptors (Lipinski definition) is 6. The number of hydrogen-bond donors (Lipinski definition) is 0. The molecule has 0 N–H and O–H groups in total. The molecule has 1 atom stereocenters. The van der Waals surface area contributed by atoms with Gasteiger partial charge in [0.1, 0.15) is 13.2 Å². The van der Waals surface area contributed by atoms with Gasteiger partial charge in [-0.15, -0.1) is 0 Å². The highest BCUT2D eigenvalue weighted by molar-refractivity contribution is 5.71. The minimum Gasteiger partial charge on any atom is -0.462 e. The summed E-state index contributed by atoms with van der Waals surface area (Å²) in [6.45, 7) is 6.29. The van der Waals surface area contributed by atoms with Crippen molar-refractivity contribution in [1.82, 2.24) is 0 Å². The Labute approximate surface area is 307 Å². The zero-order chi connectivity index (χ0) is 36.6. The van der Waals surface area contributed by atoms with Gasteiger partial charge in [0.25, 0.3) is 0 Å². The normalized spacial score (nSPS) is 12.6. The van der Waals surface area contributed by atoms with E-state index in [1.807, 2.05) is 6.08 Å². The third kappa shape index (κ3) is 36.4. The quantitative estimate of drug-likeness (QED) is 0.0215. The molecule has 0 aliphatic heterocycles. The Kier molecular flexibility index (Phi) is 36.7. The lowest BCUT2D eigenvalue weighted by Gasteiger charge is -2.18.